The van der Waals surface area contributed by atoms with Crippen molar-refractivity contribution in [2.24, 2.45) is 0 Å². The fourth-order valence-electron chi connectivity index (χ4n) is 1.80. The third-order valence-corrected chi connectivity index (χ3v) is 2.57. The van der Waals surface area contributed by atoms with Crippen LogP contribution < -0.4 is 10.2 Å². The largest absolute Gasteiger partial charge is 0.381 e. The Kier molecular flexibility index (Phi) is 2.28. The van der Waals surface area contributed by atoms with Crippen molar-refractivity contribution in [1.29, 1.82) is 5.26 Å². The molecule has 1 atom stereocenters. The summed E-state index contributed by atoms with van der Waals surface area (Å²) in [5, 5.41) is 12.1. The smallest absolute Gasteiger partial charge is 0.106 e. The summed E-state index contributed by atoms with van der Waals surface area (Å²) in [5.74, 6) is 0. The highest BCUT2D eigenvalue weighted by Crippen LogP contribution is 2.30. The molecule has 0 spiro atoms. The molecule has 72 valence electrons. The zero-order valence-electron chi connectivity index (χ0n) is 8.20. The van der Waals surface area contributed by atoms with Crippen molar-refractivity contribution >= 4 is 11.4 Å². The molecule has 0 fully saturated rings. The molecular weight excluding hydrogens is 174 g/mol. The van der Waals surface area contributed by atoms with Gasteiger partial charge in [-0.25, -0.2) is 0 Å². The van der Waals surface area contributed by atoms with E-state index in [-0.39, 0.29) is 0 Å². The second-order valence-corrected chi connectivity index (χ2v) is 3.53. The first-order valence-corrected chi connectivity index (χ1v) is 4.79. The molecule has 0 bridgehead atoms. The standard InChI is InChI=1S/C11H13N3/c1-9-8-13-10-4-2-3-5-11(10)14(9)7-6-12/h2-5,9,13H,7-8H2,1H3. The van der Waals surface area contributed by atoms with E-state index in [1.165, 1.54) is 0 Å². The van der Waals surface area contributed by atoms with Crippen molar-refractivity contribution in [1.82, 2.24) is 0 Å². The Balaban J connectivity index is 2.37. The minimum atomic E-state index is 0.379. The summed E-state index contributed by atoms with van der Waals surface area (Å²) in [4.78, 5) is 2.13. The van der Waals surface area contributed by atoms with Crippen molar-refractivity contribution < 1.29 is 0 Å². The summed E-state index contributed by atoms with van der Waals surface area (Å²) in [6.45, 7) is 3.48. The monoisotopic (exact) mass is 187 g/mol. The second-order valence-electron chi connectivity index (χ2n) is 3.53. The first kappa shape index (κ1) is 8.89. The van der Waals surface area contributed by atoms with Gasteiger partial charge in [-0.3, -0.25) is 0 Å². The van der Waals surface area contributed by atoms with Gasteiger partial charge in [-0.15, -0.1) is 0 Å². The first-order valence-electron chi connectivity index (χ1n) is 4.79. The van der Waals surface area contributed by atoms with Crippen LogP contribution in [0.25, 0.3) is 0 Å². The average Bonchev–Trinajstić information content (AvgIpc) is 2.23. The van der Waals surface area contributed by atoms with Gasteiger partial charge in [-0.2, -0.15) is 5.26 Å². The number of benzene rings is 1. The highest BCUT2D eigenvalue weighted by Gasteiger charge is 2.21. The van der Waals surface area contributed by atoms with Gasteiger partial charge in [0.2, 0.25) is 0 Å². The zero-order valence-corrected chi connectivity index (χ0v) is 8.20. The van der Waals surface area contributed by atoms with Crippen molar-refractivity contribution in [3.63, 3.8) is 0 Å². The van der Waals surface area contributed by atoms with Gasteiger partial charge in [0.25, 0.3) is 0 Å². The molecule has 1 aliphatic heterocycles. The van der Waals surface area contributed by atoms with E-state index in [0.29, 0.717) is 12.6 Å². The lowest BCUT2D eigenvalue weighted by molar-refractivity contribution is 0.677. The van der Waals surface area contributed by atoms with Gasteiger partial charge >= 0.3 is 0 Å². The number of hydrogen-bond donors (Lipinski definition) is 1. The fraction of sp³-hybridized carbons (Fsp3) is 0.364. The Labute approximate surface area is 84.0 Å². The van der Waals surface area contributed by atoms with Crippen LogP contribution in [0.1, 0.15) is 6.92 Å². The van der Waals surface area contributed by atoms with Gasteiger partial charge < -0.3 is 10.2 Å². The number of nitrogens with one attached hydrogen (secondary N) is 1. The number of rotatable bonds is 1. The van der Waals surface area contributed by atoms with Crippen LogP contribution in [0, 0.1) is 11.3 Å². The maximum absolute atomic E-state index is 8.75. The summed E-state index contributed by atoms with van der Waals surface area (Å²) in [5.41, 5.74) is 2.26. The number of anilines is 2. The van der Waals surface area contributed by atoms with Crippen LogP contribution in [-0.4, -0.2) is 19.1 Å². The van der Waals surface area contributed by atoms with Gasteiger partial charge in [0.15, 0.2) is 0 Å². The van der Waals surface area contributed by atoms with E-state index in [9.17, 15) is 0 Å². The third kappa shape index (κ3) is 1.39. The van der Waals surface area contributed by atoms with Crippen LogP contribution in [0.15, 0.2) is 24.3 Å². The molecular formula is C11H13N3. The maximum Gasteiger partial charge on any atom is 0.106 e. The number of nitriles is 1. The number of nitrogens with zero attached hydrogens (tertiary/aromatic N) is 2. The van der Waals surface area contributed by atoms with Crippen molar-refractivity contribution in [2.45, 2.75) is 13.0 Å². The number of para-hydroxylation sites is 2. The van der Waals surface area contributed by atoms with Gasteiger partial charge in [-0.1, -0.05) is 12.1 Å². The van der Waals surface area contributed by atoms with Gasteiger partial charge in [0.1, 0.15) is 6.54 Å². The molecule has 0 aromatic heterocycles. The molecule has 1 aromatic carbocycles. The molecule has 0 amide bonds. The Morgan fingerprint density at radius 1 is 1.57 bits per heavy atom. The molecule has 0 saturated heterocycles. The molecule has 1 heterocycles. The molecule has 14 heavy (non-hydrogen) atoms. The van der Waals surface area contributed by atoms with E-state index >= 15 is 0 Å². The topological polar surface area (TPSA) is 39.1 Å². The maximum atomic E-state index is 8.75. The molecule has 0 radical (unpaired) electrons. The third-order valence-electron chi connectivity index (χ3n) is 2.57. The number of fused-ring (bicyclic) bond motifs is 1. The highest BCUT2D eigenvalue weighted by molar-refractivity contribution is 5.72. The zero-order chi connectivity index (χ0) is 9.97. The van der Waals surface area contributed by atoms with E-state index in [1.54, 1.807) is 0 Å². The Hall–Kier alpha value is -1.69. The Morgan fingerprint density at radius 3 is 3.14 bits per heavy atom. The van der Waals surface area contributed by atoms with Gasteiger partial charge in [0.05, 0.1) is 17.4 Å². The first-order chi connectivity index (χ1) is 6.83. The summed E-state index contributed by atoms with van der Waals surface area (Å²) in [7, 11) is 0. The normalized spacial score (nSPS) is 19.4. The molecule has 3 heteroatoms. The van der Waals surface area contributed by atoms with Crippen LogP contribution >= 0.6 is 0 Å². The molecule has 1 aliphatic rings. The molecule has 2 rings (SSSR count). The van der Waals surface area contributed by atoms with E-state index < -0.39 is 0 Å². The van der Waals surface area contributed by atoms with Gasteiger partial charge in [0, 0.05) is 12.6 Å². The van der Waals surface area contributed by atoms with Crippen LogP contribution in [0.3, 0.4) is 0 Å². The molecule has 0 aliphatic carbocycles. The summed E-state index contributed by atoms with van der Waals surface area (Å²) >= 11 is 0. The quantitative estimate of drug-likeness (QED) is 0.682. The average molecular weight is 187 g/mol. The van der Waals surface area contributed by atoms with Crippen LogP contribution in [0.5, 0.6) is 0 Å². The van der Waals surface area contributed by atoms with Crippen LogP contribution in [0.4, 0.5) is 11.4 Å². The summed E-state index contributed by atoms with van der Waals surface area (Å²) < 4.78 is 0. The van der Waals surface area contributed by atoms with Crippen molar-refractivity contribution in [2.75, 3.05) is 23.3 Å². The molecule has 1 aromatic rings. The van der Waals surface area contributed by atoms with Crippen molar-refractivity contribution in [3.8, 4) is 6.07 Å². The lowest BCUT2D eigenvalue weighted by atomic mass is 10.1. The summed E-state index contributed by atoms with van der Waals surface area (Å²) in [6.07, 6.45) is 0. The van der Waals surface area contributed by atoms with Crippen molar-refractivity contribution in [3.05, 3.63) is 24.3 Å². The molecule has 1 N–H and O–H groups in total. The molecule has 0 saturated carbocycles. The predicted octanol–water partition coefficient (Wildman–Crippen LogP) is 1.83. The van der Waals surface area contributed by atoms with Crippen LogP contribution in [-0.2, 0) is 0 Å². The number of hydrogen-bond acceptors (Lipinski definition) is 3. The Bertz CT molecular complexity index is 367. The summed E-state index contributed by atoms with van der Waals surface area (Å²) in [6, 6.07) is 10.7. The molecule has 3 nitrogen and oxygen atoms in total. The predicted molar refractivity (Wildman–Crippen MR) is 57.4 cm³/mol. The fourth-order valence-corrected chi connectivity index (χ4v) is 1.80. The lowest BCUT2D eigenvalue weighted by Crippen LogP contribution is -2.42. The SMILES string of the molecule is CC1CNc2ccccc2N1CC#N. The highest BCUT2D eigenvalue weighted by atomic mass is 15.2. The minimum Gasteiger partial charge on any atom is -0.381 e. The van der Waals surface area contributed by atoms with E-state index in [1.807, 2.05) is 18.2 Å². The minimum absolute atomic E-state index is 0.379. The second kappa shape index (κ2) is 3.59. The molecule has 1 unspecified atom stereocenters. The van der Waals surface area contributed by atoms with E-state index in [2.05, 4.69) is 29.3 Å². The lowest BCUT2D eigenvalue weighted by Gasteiger charge is -2.35. The van der Waals surface area contributed by atoms with E-state index in [0.717, 1.165) is 17.9 Å². The Morgan fingerprint density at radius 2 is 2.36 bits per heavy atom. The van der Waals surface area contributed by atoms with Crippen LogP contribution in [0.2, 0.25) is 0 Å². The van der Waals surface area contributed by atoms with Gasteiger partial charge in [-0.05, 0) is 19.1 Å². The van der Waals surface area contributed by atoms with E-state index in [4.69, 9.17) is 5.26 Å².